The molecule has 0 aliphatic rings. The number of benzene rings is 2. The number of para-hydroxylation sites is 2. The zero-order valence-electron chi connectivity index (χ0n) is 13.4. The molecule has 0 amide bonds. The van der Waals surface area contributed by atoms with Gasteiger partial charge in [-0.3, -0.25) is 4.79 Å². The van der Waals surface area contributed by atoms with E-state index in [2.05, 4.69) is 4.98 Å². The van der Waals surface area contributed by atoms with Gasteiger partial charge in [0, 0.05) is 12.0 Å². The number of fused-ring (bicyclic) bond motifs is 1. The molecule has 0 aliphatic heterocycles. The van der Waals surface area contributed by atoms with Crippen LogP contribution in [-0.2, 0) is 9.53 Å². The average molecular weight is 322 g/mol. The molecule has 0 N–H and O–H groups in total. The zero-order valence-corrected chi connectivity index (χ0v) is 13.4. The minimum absolute atomic E-state index is 0.0310. The molecule has 1 aromatic heterocycles. The van der Waals surface area contributed by atoms with E-state index in [1.165, 1.54) is 0 Å². The molecule has 0 fully saturated rings. The molecule has 122 valence electrons. The largest absolute Gasteiger partial charge is 0.464 e. The molecule has 0 bridgehead atoms. The second kappa shape index (κ2) is 7.08. The lowest BCUT2D eigenvalue weighted by Crippen LogP contribution is -2.24. The van der Waals surface area contributed by atoms with Crippen LogP contribution in [0.5, 0.6) is 0 Å². The van der Waals surface area contributed by atoms with Crippen LogP contribution in [0.25, 0.3) is 11.0 Å². The highest BCUT2D eigenvalue weighted by molar-refractivity contribution is 5.98. The van der Waals surface area contributed by atoms with Crippen LogP contribution in [-0.4, -0.2) is 27.9 Å². The molecule has 0 saturated carbocycles. The number of hydrogen-bond acceptors (Lipinski definition) is 4. The molecular formula is C19H18N2O3. The first-order valence-electron chi connectivity index (χ1n) is 7.87. The van der Waals surface area contributed by atoms with Gasteiger partial charge in [0.15, 0.2) is 5.78 Å². The van der Waals surface area contributed by atoms with Gasteiger partial charge in [-0.25, -0.2) is 9.78 Å². The standard InChI is InChI=1S/C19H18N2O3/c1-2-24-19(23)17(12-18(22)14-8-4-3-5-9-14)21-13-20-15-10-6-7-11-16(15)21/h3-11,13,17H,2,12H2,1H3. The van der Waals surface area contributed by atoms with Crippen LogP contribution in [0.4, 0.5) is 0 Å². The molecule has 5 heteroatoms. The van der Waals surface area contributed by atoms with Crippen molar-refractivity contribution in [1.82, 2.24) is 9.55 Å². The Labute approximate surface area is 139 Å². The van der Waals surface area contributed by atoms with Crippen molar-refractivity contribution in [2.45, 2.75) is 19.4 Å². The Morgan fingerprint density at radius 2 is 1.79 bits per heavy atom. The van der Waals surface area contributed by atoms with E-state index in [1.54, 1.807) is 42.1 Å². The number of esters is 1. The van der Waals surface area contributed by atoms with Crippen LogP contribution in [0, 0.1) is 0 Å². The number of carbonyl (C=O) groups is 2. The Morgan fingerprint density at radius 3 is 2.54 bits per heavy atom. The maximum Gasteiger partial charge on any atom is 0.329 e. The van der Waals surface area contributed by atoms with Crippen LogP contribution in [0.3, 0.4) is 0 Å². The Hall–Kier alpha value is -2.95. The number of carbonyl (C=O) groups excluding carboxylic acids is 2. The van der Waals surface area contributed by atoms with E-state index in [0.717, 1.165) is 11.0 Å². The molecule has 5 nitrogen and oxygen atoms in total. The lowest BCUT2D eigenvalue weighted by atomic mass is 10.0. The number of Topliss-reactive ketones (excluding diaryl/α,β-unsaturated/α-hetero) is 1. The van der Waals surface area contributed by atoms with E-state index in [0.29, 0.717) is 5.56 Å². The van der Waals surface area contributed by atoms with E-state index in [1.807, 2.05) is 30.3 Å². The highest BCUT2D eigenvalue weighted by Crippen LogP contribution is 2.23. The van der Waals surface area contributed by atoms with Crippen molar-refractivity contribution >= 4 is 22.8 Å². The fourth-order valence-corrected chi connectivity index (χ4v) is 2.68. The van der Waals surface area contributed by atoms with Crippen molar-refractivity contribution in [3.63, 3.8) is 0 Å². The highest BCUT2D eigenvalue weighted by atomic mass is 16.5. The smallest absolute Gasteiger partial charge is 0.329 e. The molecule has 2 aromatic carbocycles. The van der Waals surface area contributed by atoms with Gasteiger partial charge in [-0.1, -0.05) is 42.5 Å². The molecule has 24 heavy (non-hydrogen) atoms. The number of imidazole rings is 1. The van der Waals surface area contributed by atoms with Crippen LogP contribution in [0.15, 0.2) is 60.9 Å². The molecule has 1 heterocycles. The lowest BCUT2D eigenvalue weighted by molar-refractivity contribution is -0.147. The van der Waals surface area contributed by atoms with E-state index < -0.39 is 12.0 Å². The predicted molar refractivity (Wildman–Crippen MR) is 90.8 cm³/mol. The quantitative estimate of drug-likeness (QED) is 0.515. The molecule has 3 aromatic rings. The summed E-state index contributed by atoms with van der Waals surface area (Å²) < 4.78 is 6.89. The van der Waals surface area contributed by atoms with Gasteiger partial charge in [0.1, 0.15) is 6.04 Å². The number of ether oxygens (including phenoxy) is 1. The third kappa shape index (κ3) is 3.20. The van der Waals surface area contributed by atoms with Crippen molar-refractivity contribution in [2.75, 3.05) is 6.61 Å². The summed E-state index contributed by atoms with van der Waals surface area (Å²) in [5.41, 5.74) is 2.16. The number of ketones is 1. The molecule has 0 spiro atoms. The fraction of sp³-hybridized carbons (Fsp3) is 0.211. The van der Waals surface area contributed by atoms with Crippen molar-refractivity contribution in [3.05, 3.63) is 66.5 Å². The number of aromatic nitrogens is 2. The van der Waals surface area contributed by atoms with Gasteiger partial charge in [-0.2, -0.15) is 0 Å². The zero-order chi connectivity index (χ0) is 16.9. The molecule has 0 aliphatic carbocycles. The summed E-state index contributed by atoms with van der Waals surface area (Å²) in [6, 6.07) is 15.7. The summed E-state index contributed by atoms with van der Waals surface area (Å²) in [6.07, 6.45) is 1.62. The van der Waals surface area contributed by atoms with Crippen molar-refractivity contribution in [3.8, 4) is 0 Å². The van der Waals surface area contributed by atoms with E-state index >= 15 is 0 Å². The van der Waals surface area contributed by atoms with Gasteiger partial charge >= 0.3 is 5.97 Å². The predicted octanol–water partition coefficient (Wildman–Crippen LogP) is 3.41. The summed E-state index contributed by atoms with van der Waals surface area (Å²) >= 11 is 0. The molecule has 0 saturated heterocycles. The molecular weight excluding hydrogens is 304 g/mol. The summed E-state index contributed by atoms with van der Waals surface area (Å²) in [5, 5.41) is 0. The van der Waals surface area contributed by atoms with Gasteiger partial charge in [0.05, 0.1) is 24.0 Å². The van der Waals surface area contributed by atoms with Crippen molar-refractivity contribution < 1.29 is 14.3 Å². The van der Waals surface area contributed by atoms with Gasteiger partial charge in [0.25, 0.3) is 0 Å². The van der Waals surface area contributed by atoms with Crippen LogP contribution < -0.4 is 0 Å². The summed E-state index contributed by atoms with van der Waals surface area (Å²) in [4.78, 5) is 29.3. The van der Waals surface area contributed by atoms with Crippen molar-refractivity contribution in [2.24, 2.45) is 0 Å². The Bertz CT molecular complexity index is 855. The van der Waals surface area contributed by atoms with Gasteiger partial charge in [0.2, 0.25) is 0 Å². The Morgan fingerprint density at radius 1 is 1.08 bits per heavy atom. The summed E-state index contributed by atoms with van der Waals surface area (Å²) in [6.45, 7) is 2.02. The average Bonchev–Trinajstić information content (AvgIpc) is 3.04. The van der Waals surface area contributed by atoms with E-state index in [9.17, 15) is 9.59 Å². The number of hydrogen-bond donors (Lipinski definition) is 0. The minimum atomic E-state index is -0.731. The second-order valence-electron chi connectivity index (χ2n) is 5.40. The Balaban J connectivity index is 1.95. The monoisotopic (exact) mass is 322 g/mol. The first kappa shape index (κ1) is 15.9. The molecule has 1 unspecified atom stereocenters. The van der Waals surface area contributed by atoms with Crippen LogP contribution in [0.2, 0.25) is 0 Å². The first-order chi connectivity index (χ1) is 11.7. The third-order valence-corrected chi connectivity index (χ3v) is 3.85. The van der Waals surface area contributed by atoms with Crippen LogP contribution in [0.1, 0.15) is 29.7 Å². The summed E-state index contributed by atoms with van der Waals surface area (Å²) in [7, 11) is 0. The van der Waals surface area contributed by atoms with Gasteiger partial charge in [-0.05, 0) is 19.1 Å². The highest BCUT2D eigenvalue weighted by Gasteiger charge is 2.26. The SMILES string of the molecule is CCOC(=O)C(CC(=O)c1ccccc1)n1cnc2ccccc21. The van der Waals surface area contributed by atoms with E-state index in [4.69, 9.17) is 4.74 Å². The van der Waals surface area contributed by atoms with Gasteiger partial charge in [-0.15, -0.1) is 0 Å². The molecule has 1 atom stereocenters. The Kier molecular flexibility index (Phi) is 4.70. The third-order valence-electron chi connectivity index (χ3n) is 3.85. The van der Waals surface area contributed by atoms with Gasteiger partial charge < -0.3 is 9.30 Å². The minimum Gasteiger partial charge on any atom is -0.464 e. The second-order valence-corrected chi connectivity index (χ2v) is 5.40. The fourth-order valence-electron chi connectivity index (χ4n) is 2.68. The van der Waals surface area contributed by atoms with E-state index in [-0.39, 0.29) is 18.8 Å². The molecule has 0 radical (unpaired) electrons. The maximum absolute atomic E-state index is 12.6. The number of nitrogens with zero attached hydrogens (tertiary/aromatic N) is 2. The lowest BCUT2D eigenvalue weighted by Gasteiger charge is -2.17. The number of rotatable bonds is 6. The maximum atomic E-state index is 12.6. The topological polar surface area (TPSA) is 61.2 Å². The molecule has 3 rings (SSSR count). The van der Waals surface area contributed by atoms with Crippen molar-refractivity contribution in [1.29, 1.82) is 0 Å². The normalized spacial score (nSPS) is 12.0. The first-order valence-corrected chi connectivity index (χ1v) is 7.87. The van der Waals surface area contributed by atoms with Crippen LogP contribution >= 0.6 is 0 Å². The summed E-state index contributed by atoms with van der Waals surface area (Å²) in [5.74, 6) is -0.531.